The molecule has 8 heteroatoms. The Morgan fingerprint density at radius 3 is 2.33 bits per heavy atom. The molecule has 3 rings (SSSR count). The van der Waals surface area contributed by atoms with E-state index in [2.05, 4.69) is 4.98 Å². The predicted octanol–water partition coefficient (Wildman–Crippen LogP) is 5.46. The van der Waals surface area contributed by atoms with Crippen LogP contribution in [0.3, 0.4) is 0 Å². The quantitative estimate of drug-likeness (QED) is 0.576. The first-order valence-corrected chi connectivity index (χ1v) is 12.9. The second-order valence-corrected chi connectivity index (χ2v) is 11.7. The summed E-state index contributed by atoms with van der Waals surface area (Å²) in [6.45, 7) is 11.7. The number of sulfonamides is 1. The summed E-state index contributed by atoms with van der Waals surface area (Å²) in [5, 5.41) is 0. The molecule has 0 aliphatic carbocycles. The number of ether oxygens (including phenoxy) is 1. The van der Waals surface area contributed by atoms with E-state index in [1.165, 1.54) is 4.90 Å². The first kappa shape index (κ1) is 25.2. The molecule has 0 saturated carbocycles. The number of hydrogen-bond acceptors (Lipinski definition) is 5. The minimum Gasteiger partial charge on any atom is -0.443 e. The number of rotatable bonds is 5. The molecule has 2 aromatic rings. The maximum absolute atomic E-state index is 13.4. The average molecular weight is 474 g/mol. The van der Waals surface area contributed by atoms with Crippen molar-refractivity contribution in [1.82, 2.24) is 9.29 Å². The highest BCUT2D eigenvalue weighted by Crippen LogP contribution is 2.36. The van der Waals surface area contributed by atoms with E-state index in [1.807, 2.05) is 59.7 Å². The summed E-state index contributed by atoms with van der Waals surface area (Å²) in [5.74, 6) is 0.478. The Balaban J connectivity index is 1.88. The van der Waals surface area contributed by atoms with Gasteiger partial charge in [0.1, 0.15) is 11.4 Å². The highest BCUT2D eigenvalue weighted by atomic mass is 32.2. The second-order valence-electron chi connectivity index (χ2n) is 9.83. The summed E-state index contributed by atoms with van der Waals surface area (Å²) in [6, 6.07) is 10.2. The lowest BCUT2D eigenvalue weighted by Gasteiger charge is -2.35. The van der Waals surface area contributed by atoms with Crippen LogP contribution in [0.15, 0.2) is 47.5 Å². The number of amides is 1. The predicted molar refractivity (Wildman–Crippen MR) is 130 cm³/mol. The largest absolute Gasteiger partial charge is 0.443 e. The van der Waals surface area contributed by atoms with Crippen LogP contribution in [0.25, 0.3) is 0 Å². The standard InChI is InChI=1S/C25H35N3O4S/c1-18(2)28(24(29)32-25(4,5)6)23-15-12-20(17-26-23)22-9-7-8-16-27(22)33(30,31)21-13-10-19(3)11-14-21/h10-15,17-18,22H,7-9,16H2,1-6H3. The number of carbonyl (C=O) groups excluding carboxylic acids is 1. The molecule has 0 bridgehead atoms. The summed E-state index contributed by atoms with van der Waals surface area (Å²) in [5.41, 5.74) is 1.22. The van der Waals surface area contributed by atoms with Crippen molar-refractivity contribution in [2.24, 2.45) is 0 Å². The number of hydrogen-bond donors (Lipinski definition) is 0. The molecule has 1 unspecified atom stereocenters. The number of nitrogens with zero attached hydrogens (tertiary/aromatic N) is 3. The molecule has 180 valence electrons. The van der Waals surface area contributed by atoms with Gasteiger partial charge in [-0.2, -0.15) is 4.31 Å². The normalized spacial score (nSPS) is 17.7. The molecule has 1 aromatic carbocycles. The molecule has 1 aliphatic rings. The molecule has 7 nitrogen and oxygen atoms in total. The van der Waals surface area contributed by atoms with E-state index in [0.29, 0.717) is 17.3 Å². The lowest BCUT2D eigenvalue weighted by Crippen LogP contribution is -2.41. The summed E-state index contributed by atoms with van der Waals surface area (Å²) >= 11 is 0. The summed E-state index contributed by atoms with van der Waals surface area (Å²) in [6.07, 6.45) is 3.73. The maximum atomic E-state index is 13.4. The fourth-order valence-electron chi connectivity index (χ4n) is 3.99. The fourth-order valence-corrected chi connectivity index (χ4v) is 5.67. The van der Waals surface area contributed by atoms with Crippen molar-refractivity contribution < 1.29 is 17.9 Å². The lowest BCUT2D eigenvalue weighted by molar-refractivity contribution is 0.0569. The second kappa shape index (κ2) is 9.81. The molecule has 0 radical (unpaired) electrons. The third kappa shape index (κ3) is 5.92. The molecule has 33 heavy (non-hydrogen) atoms. The smallest absolute Gasteiger partial charge is 0.416 e. The van der Waals surface area contributed by atoms with Crippen molar-refractivity contribution >= 4 is 21.9 Å². The number of pyridine rings is 1. The molecule has 1 fully saturated rings. The van der Waals surface area contributed by atoms with Gasteiger partial charge in [-0.05, 0) is 78.1 Å². The Labute approximate surface area is 197 Å². The Morgan fingerprint density at radius 1 is 1.12 bits per heavy atom. The van der Waals surface area contributed by atoms with E-state index < -0.39 is 21.7 Å². The molecular weight excluding hydrogens is 438 g/mol. The third-order valence-corrected chi connectivity index (χ3v) is 7.51. The van der Waals surface area contributed by atoms with Gasteiger partial charge in [-0.15, -0.1) is 0 Å². The molecule has 1 aromatic heterocycles. The van der Waals surface area contributed by atoms with Crippen molar-refractivity contribution in [3.63, 3.8) is 0 Å². The van der Waals surface area contributed by atoms with Gasteiger partial charge in [-0.1, -0.05) is 30.2 Å². The van der Waals surface area contributed by atoms with Crippen LogP contribution in [0.4, 0.5) is 10.6 Å². The van der Waals surface area contributed by atoms with Gasteiger partial charge in [-0.25, -0.2) is 18.2 Å². The minimum absolute atomic E-state index is 0.147. The average Bonchev–Trinajstić information content (AvgIpc) is 2.73. The van der Waals surface area contributed by atoms with Crippen LogP contribution in [0, 0.1) is 6.92 Å². The topological polar surface area (TPSA) is 79.8 Å². The zero-order chi connectivity index (χ0) is 24.4. The monoisotopic (exact) mass is 473 g/mol. The Hall–Kier alpha value is -2.45. The fraction of sp³-hybridized carbons (Fsp3) is 0.520. The molecule has 1 saturated heterocycles. The minimum atomic E-state index is -3.63. The SMILES string of the molecule is Cc1ccc(S(=O)(=O)N2CCCCC2c2ccc(N(C(=O)OC(C)(C)C)C(C)C)nc2)cc1. The number of anilines is 1. The van der Waals surface area contributed by atoms with Gasteiger partial charge in [0.05, 0.1) is 10.9 Å². The molecule has 1 amide bonds. The van der Waals surface area contributed by atoms with Crippen molar-refractivity contribution in [3.8, 4) is 0 Å². The van der Waals surface area contributed by atoms with Crippen LogP contribution in [-0.2, 0) is 14.8 Å². The summed E-state index contributed by atoms with van der Waals surface area (Å²) in [4.78, 5) is 19.1. The number of carbonyl (C=O) groups is 1. The van der Waals surface area contributed by atoms with Gasteiger partial charge in [0.25, 0.3) is 0 Å². The van der Waals surface area contributed by atoms with Crippen molar-refractivity contribution in [2.45, 2.75) is 83.4 Å². The number of benzene rings is 1. The Kier molecular flexibility index (Phi) is 7.49. The molecule has 1 aliphatic heterocycles. The molecular formula is C25H35N3O4S. The van der Waals surface area contributed by atoms with Crippen LogP contribution >= 0.6 is 0 Å². The van der Waals surface area contributed by atoms with Crippen LogP contribution in [0.1, 0.15) is 71.0 Å². The lowest BCUT2D eigenvalue weighted by atomic mass is 9.99. The van der Waals surface area contributed by atoms with Crippen molar-refractivity contribution in [2.75, 3.05) is 11.4 Å². The molecule has 1 atom stereocenters. The zero-order valence-electron chi connectivity index (χ0n) is 20.4. The number of piperidine rings is 1. The van der Waals surface area contributed by atoms with Crippen molar-refractivity contribution in [1.29, 1.82) is 0 Å². The molecule has 2 heterocycles. The summed E-state index contributed by atoms with van der Waals surface area (Å²) in [7, 11) is -3.63. The van der Waals surface area contributed by atoms with E-state index in [-0.39, 0.29) is 12.1 Å². The first-order chi connectivity index (χ1) is 15.4. The third-order valence-electron chi connectivity index (χ3n) is 5.59. The van der Waals surface area contributed by atoms with Gasteiger partial charge in [0, 0.05) is 18.8 Å². The summed E-state index contributed by atoms with van der Waals surface area (Å²) < 4.78 is 33.9. The van der Waals surface area contributed by atoms with Crippen LogP contribution in [0.5, 0.6) is 0 Å². The Morgan fingerprint density at radius 2 is 1.79 bits per heavy atom. The molecule has 0 N–H and O–H groups in total. The van der Waals surface area contributed by atoms with Gasteiger partial charge in [0.15, 0.2) is 0 Å². The van der Waals surface area contributed by atoms with Gasteiger partial charge in [-0.3, -0.25) is 4.90 Å². The first-order valence-electron chi connectivity index (χ1n) is 11.5. The van der Waals surface area contributed by atoms with Crippen LogP contribution in [-0.4, -0.2) is 42.0 Å². The number of aryl methyl sites for hydroxylation is 1. The maximum Gasteiger partial charge on any atom is 0.416 e. The van der Waals surface area contributed by atoms with Crippen LogP contribution < -0.4 is 4.90 Å². The van der Waals surface area contributed by atoms with E-state index in [0.717, 1.165) is 30.4 Å². The van der Waals surface area contributed by atoms with E-state index >= 15 is 0 Å². The van der Waals surface area contributed by atoms with Gasteiger partial charge >= 0.3 is 6.09 Å². The van der Waals surface area contributed by atoms with Crippen molar-refractivity contribution in [3.05, 3.63) is 53.7 Å². The highest BCUT2D eigenvalue weighted by molar-refractivity contribution is 7.89. The van der Waals surface area contributed by atoms with E-state index in [4.69, 9.17) is 4.74 Å². The van der Waals surface area contributed by atoms with Gasteiger partial charge in [0.2, 0.25) is 10.0 Å². The Bertz CT molecular complexity index is 1060. The molecule has 0 spiro atoms. The zero-order valence-corrected chi connectivity index (χ0v) is 21.2. The number of aromatic nitrogens is 1. The van der Waals surface area contributed by atoms with E-state index in [1.54, 1.807) is 28.7 Å². The van der Waals surface area contributed by atoms with Crippen LogP contribution in [0.2, 0.25) is 0 Å². The van der Waals surface area contributed by atoms with Gasteiger partial charge < -0.3 is 4.74 Å². The van der Waals surface area contributed by atoms with E-state index in [9.17, 15) is 13.2 Å². The highest BCUT2D eigenvalue weighted by Gasteiger charge is 2.35.